The van der Waals surface area contributed by atoms with E-state index in [4.69, 9.17) is 0 Å². The summed E-state index contributed by atoms with van der Waals surface area (Å²) in [6, 6.07) is 20.8. The summed E-state index contributed by atoms with van der Waals surface area (Å²) in [4.78, 5) is 42.5. The van der Waals surface area contributed by atoms with Crippen LogP contribution in [0.1, 0.15) is 29.6 Å². The van der Waals surface area contributed by atoms with Crippen LogP contribution in [0.15, 0.2) is 66.7 Å². The number of para-hydroxylation sites is 1. The molecule has 0 spiro atoms. The Morgan fingerprint density at radius 2 is 1.71 bits per heavy atom. The van der Waals surface area contributed by atoms with Crippen molar-refractivity contribution >= 4 is 39.9 Å². The molecule has 2 aliphatic heterocycles. The van der Waals surface area contributed by atoms with Crippen molar-refractivity contribution in [3.05, 3.63) is 72.3 Å². The number of carbonyl (C=O) groups excluding carboxylic acids is 3. The molecule has 3 amide bonds. The first-order valence-corrected chi connectivity index (χ1v) is 11.8. The number of hydrogen-bond donors (Lipinski definition) is 2. The van der Waals surface area contributed by atoms with Gasteiger partial charge in [-0.3, -0.25) is 14.4 Å². The molecule has 34 heavy (non-hydrogen) atoms. The van der Waals surface area contributed by atoms with E-state index in [1.807, 2.05) is 24.3 Å². The Labute approximate surface area is 198 Å². The van der Waals surface area contributed by atoms with E-state index in [0.29, 0.717) is 37.3 Å². The van der Waals surface area contributed by atoms with E-state index in [2.05, 4.69) is 28.8 Å². The van der Waals surface area contributed by atoms with Gasteiger partial charge in [-0.05, 0) is 42.8 Å². The van der Waals surface area contributed by atoms with Crippen molar-refractivity contribution in [3.8, 4) is 0 Å². The molecule has 7 heteroatoms. The molecule has 3 aromatic rings. The van der Waals surface area contributed by atoms with Gasteiger partial charge in [-0.15, -0.1) is 0 Å². The van der Waals surface area contributed by atoms with E-state index in [1.54, 1.807) is 29.2 Å². The summed E-state index contributed by atoms with van der Waals surface area (Å²) < 4.78 is 0. The normalized spacial score (nSPS) is 17.7. The van der Waals surface area contributed by atoms with Crippen molar-refractivity contribution in [2.75, 3.05) is 36.4 Å². The van der Waals surface area contributed by atoms with Gasteiger partial charge in [0.15, 0.2) is 0 Å². The number of anilines is 2. The van der Waals surface area contributed by atoms with Gasteiger partial charge in [-0.25, -0.2) is 0 Å². The fourth-order valence-corrected chi connectivity index (χ4v) is 4.92. The average molecular weight is 457 g/mol. The van der Waals surface area contributed by atoms with Crippen LogP contribution in [-0.4, -0.2) is 54.8 Å². The number of rotatable bonds is 6. The fraction of sp³-hybridized carbons (Fsp3) is 0.296. The van der Waals surface area contributed by atoms with Crippen molar-refractivity contribution < 1.29 is 14.4 Å². The predicted octanol–water partition coefficient (Wildman–Crippen LogP) is 3.41. The summed E-state index contributed by atoms with van der Waals surface area (Å²) in [6.45, 7) is 1.44. The van der Waals surface area contributed by atoms with Crippen LogP contribution in [0.2, 0.25) is 0 Å². The van der Waals surface area contributed by atoms with E-state index in [1.165, 1.54) is 4.90 Å². The summed E-state index contributed by atoms with van der Waals surface area (Å²) in [5.41, 5.74) is 2.00. The highest BCUT2D eigenvalue weighted by Gasteiger charge is 2.40. The largest absolute Gasteiger partial charge is 0.383 e. The molecule has 1 fully saturated rings. The first-order chi connectivity index (χ1) is 16.6. The molecule has 5 rings (SSSR count). The van der Waals surface area contributed by atoms with E-state index in [0.717, 1.165) is 29.3 Å². The monoisotopic (exact) mass is 456 g/mol. The van der Waals surface area contributed by atoms with Crippen LogP contribution < -0.4 is 15.5 Å². The zero-order chi connectivity index (χ0) is 23.5. The molecule has 0 bridgehead atoms. The molecule has 0 radical (unpaired) electrons. The first kappa shape index (κ1) is 21.9. The molecule has 1 saturated heterocycles. The lowest BCUT2D eigenvalue weighted by molar-refractivity contribution is -0.126. The SMILES string of the molecule is O=C(CN1C(=O)C2CCCCN2C(=O)c2ccccc21)NCCNc1cccc2ccccc12. The zero-order valence-corrected chi connectivity index (χ0v) is 19.0. The lowest BCUT2D eigenvalue weighted by Gasteiger charge is -2.34. The Kier molecular flexibility index (Phi) is 6.16. The number of amides is 3. The molecule has 2 N–H and O–H groups in total. The maximum absolute atomic E-state index is 13.4. The van der Waals surface area contributed by atoms with Gasteiger partial charge in [0, 0.05) is 30.7 Å². The highest BCUT2D eigenvalue weighted by atomic mass is 16.2. The molecule has 3 aromatic carbocycles. The molecule has 2 heterocycles. The maximum atomic E-state index is 13.4. The minimum Gasteiger partial charge on any atom is -0.383 e. The molecule has 0 aliphatic carbocycles. The standard InChI is InChI=1S/C27H28N4O3/c32-25(29-16-15-28-22-12-7-9-19-8-1-2-10-20(19)22)18-31-23-13-4-3-11-21(23)26(33)30-17-6-5-14-24(30)27(31)34/h1-4,7-13,24,28H,5-6,14-18H2,(H,29,32). The van der Waals surface area contributed by atoms with Crippen molar-refractivity contribution in [3.63, 3.8) is 0 Å². The summed E-state index contributed by atoms with van der Waals surface area (Å²) in [5, 5.41) is 8.57. The molecular weight excluding hydrogens is 428 g/mol. The van der Waals surface area contributed by atoms with Gasteiger partial charge in [0.05, 0.1) is 11.3 Å². The predicted molar refractivity (Wildman–Crippen MR) is 133 cm³/mol. The summed E-state index contributed by atoms with van der Waals surface area (Å²) in [5.74, 6) is -0.558. The molecule has 7 nitrogen and oxygen atoms in total. The van der Waals surface area contributed by atoms with Gasteiger partial charge in [-0.1, -0.05) is 48.5 Å². The second-order valence-electron chi connectivity index (χ2n) is 8.76. The Balaban J connectivity index is 1.25. The summed E-state index contributed by atoms with van der Waals surface area (Å²) >= 11 is 0. The number of hydrogen-bond acceptors (Lipinski definition) is 4. The Bertz CT molecular complexity index is 1240. The zero-order valence-electron chi connectivity index (χ0n) is 19.0. The number of carbonyl (C=O) groups is 3. The fourth-order valence-electron chi connectivity index (χ4n) is 4.92. The Hall–Kier alpha value is -3.87. The van der Waals surface area contributed by atoms with Crippen molar-refractivity contribution in [1.82, 2.24) is 10.2 Å². The maximum Gasteiger partial charge on any atom is 0.256 e. The Morgan fingerprint density at radius 3 is 2.62 bits per heavy atom. The lowest BCUT2D eigenvalue weighted by Crippen LogP contribution is -2.52. The third-order valence-corrected chi connectivity index (χ3v) is 6.59. The van der Waals surface area contributed by atoms with Crippen molar-refractivity contribution in [2.45, 2.75) is 25.3 Å². The van der Waals surface area contributed by atoms with Crippen LogP contribution >= 0.6 is 0 Å². The molecule has 0 aromatic heterocycles. The van der Waals surface area contributed by atoms with Gasteiger partial charge in [0.1, 0.15) is 12.6 Å². The van der Waals surface area contributed by atoms with Crippen LogP contribution in [0.3, 0.4) is 0 Å². The molecule has 1 atom stereocenters. The average Bonchev–Trinajstić information content (AvgIpc) is 2.96. The Morgan fingerprint density at radius 1 is 0.912 bits per heavy atom. The smallest absolute Gasteiger partial charge is 0.256 e. The number of fused-ring (bicyclic) bond motifs is 3. The van der Waals surface area contributed by atoms with Crippen LogP contribution in [0.25, 0.3) is 10.8 Å². The minimum atomic E-state index is -0.505. The van der Waals surface area contributed by atoms with E-state index in [-0.39, 0.29) is 24.3 Å². The molecule has 0 saturated carbocycles. The van der Waals surface area contributed by atoms with Gasteiger partial charge in [-0.2, -0.15) is 0 Å². The third kappa shape index (κ3) is 4.21. The highest BCUT2D eigenvalue weighted by Crippen LogP contribution is 2.31. The quantitative estimate of drug-likeness (QED) is 0.557. The van der Waals surface area contributed by atoms with E-state index >= 15 is 0 Å². The van der Waals surface area contributed by atoms with Crippen molar-refractivity contribution in [2.24, 2.45) is 0 Å². The van der Waals surface area contributed by atoms with Crippen LogP contribution in [0.4, 0.5) is 11.4 Å². The lowest BCUT2D eigenvalue weighted by atomic mass is 10.0. The van der Waals surface area contributed by atoms with Crippen LogP contribution in [0, 0.1) is 0 Å². The second kappa shape index (κ2) is 9.55. The van der Waals surface area contributed by atoms with Gasteiger partial charge < -0.3 is 20.4 Å². The number of benzene rings is 3. The first-order valence-electron chi connectivity index (χ1n) is 11.8. The molecule has 1 unspecified atom stereocenters. The number of piperidine rings is 1. The van der Waals surface area contributed by atoms with Gasteiger partial charge in [0.25, 0.3) is 5.91 Å². The topological polar surface area (TPSA) is 81.8 Å². The minimum absolute atomic E-state index is 0.109. The van der Waals surface area contributed by atoms with Crippen molar-refractivity contribution in [1.29, 1.82) is 0 Å². The van der Waals surface area contributed by atoms with E-state index in [9.17, 15) is 14.4 Å². The second-order valence-corrected chi connectivity index (χ2v) is 8.76. The third-order valence-electron chi connectivity index (χ3n) is 6.59. The molecule has 2 aliphatic rings. The summed E-state index contributed by atoms with van der Waals surface area (Å²) in [6.07, 6.45) is 2.42. The van der Waals surface area contributed by atoms with Gasteiger partial charge >= 0.3 is 0 Å². The molecule has 174 valence electrons. The van der Waals surface area contributed by atoms with E-state index < -0.39 is 6.04 Å². The number of nitrogens with zero attached hydrogens (tertiary/aromatic N) is 2. The summed E-state index contributed by atoms with van der Waals surface area (Å²) in [7, 11) is 0. The molecular formula is C27H28N4O3. The van der Waals surface area contributed by atoms with Crippen LogP contribution in [0.5, 0.6) is 0 Å². The number of nitrogens with one attached hydrogen (secondary N) is 2. The van der Waals surface area contributed by atoms with Gasteiger partial charge in [0.2, 0.25) is 11.8 Å². The van der Waals surface area contributed by atoms with Crippen LogP contribution in [-0.2, 0) is 9.59 Å². The highest BCUT2D eigenvalue weighted by molar-refractivity contribution is 6.12.